The van der Waals surface area contributed by atoms with Crippen LogP contribution in [0.1, 0.15) is 5.76 Å². The van der Waals surface area contributed by atoms with Crippen LogP contribution in [0.3, 0.4) is 0 Å². The van der Waals surface area contributed by atoms with Crippen LogP contribution < -0.4 is 0 Å². The smallest absolute Gasteiger partial charge is 0.123 e. The van der Waals surface area contributed by atoms with E-state index in [9.17, 15) is 0 Å². The molecule has 0 saturated carbocycles. The normalized spacial score (nSPS) is 10.9. The summed E-state index contributed by atoms with van der Waals surface area (Å²) in [6, 6.07) is 14.4. The quantitative estimate of drug-likeness (QED) is 0.616. The van der Waals surface area contributed by atoms with Crippen LogP contribution >= 0.6 is 0 Å². The maximum atomic E-state index is 5.33. The Bertz CT molecular complexity index is 563. The third-order valence-corrected chi connectivity index (χ3v) is 2.59. The van der Waals surface area contributed by atoms with Gasteiger partial charge in [0.2, 0.25) is 0 Å². The number of fused-ring (bicyclic) bond motifs is 1. The van der Waals surface area contributed by atoms with Crippen LogP contribution in [0.2, 0.25) is 0 Å². The molecule has 2 aromatic heterocycles. The van der Waals surface area contributed by atoms with Gasteiger partial charge in [-0.15, -0.1) is 0 Å². The third-order valence-electron chi connectivity index (χ3n) is 2.59. The summed E-state index contributed by atoms with van der Waals surface area (Å²) < 4.78 is 7.52. The number of hydrogen-bond donors (Lipinski definition) is 0. The molecule has 0 aliphatic heterocycles. The molecule has 3 aromatic rings. The summed E-state index contributed by atoms with van der Waals surface area (Å²) in [6.07, 6.45) is 3.80. The average molecular weight is 197 g/mol. The van der Waals surface area contributed by atoms with Gasteiger partial charge in [0, 0.05) is 11.7 Å². The standard InChI is InChI=1S/C13H11NO/c1-2-6-13-11(4-1)7-8-14(13)10-12-5-3-9-15-12/h1-9H,10H2. The van der Waals surface area contributed by atoms with Crippen molar-refractivity contribution in [1.82, 2.24) is 4.57 Å². The minimum Gasteiger partial charge on any atom is -0.467 e. The Morgan fingerprint density at radius 2 is 1.93 bits per heavy atom. The number of rotatable bonds is 2. The summed E-state index contributed by atoms with van der Waals surface area (Å²) in [5, 5.41) is 1.27. The number of benzene rings is 1. The lowest BCUT2D eigenvalue weighted by atomic mass is 10.2. The van der Waals surface area contributed by atoms with Crippen molar-refractivity contribution in [2.24, 2.45) is 0 Å². The maximum Gasteiger partial charge on any atom is 0.123 e. The fourth-order valence-corrected chi connectivity index (χ4v) is 1.85. The molecule has 0 amide bonds. The molecule has 0 radical (unpaired) electrons. The zero-order valence-corrected chi connectivity index (χ0v) is 8.26. The lowest BCUT2D eigenvalue weighted by Gasteiger charge is -2.01. The molecule has 0 unspecified atom stereocenters. The molecule has 2 heterocycles. The molecule has 0 aliphatic carbocycles. The second kappa shape index (κ2) is 3.31. The van der Waals surface area contributed by atoms with Crippen molar-refractivity contribution in [2.75, 3.05) is 0 Å². The summed E-state index contributed by atoms with van der Waals surface area (Å²) in [5.74, 6) is 0.983. The van der Waals surface area contributed by atoms with Gasteiger partial charge in [0.1, 0.15) is 5.76 Å². The first-order valence-electron chi connectivity index (χ1n) is 5.00. The van der Waals surface area contributed by atoms with Crippen LogP contribution in [-0.4, -0.2) is 4.57 Å². The average Bonchev–Trinajstić information content (AvgIpc) is 2.89. The van der Waals surface area contributed by atoms with Crippen molar-refractivity contribution >= 4 is 10.9 Å². The molecule has 0 saturated heterocycles. The highest BCUT2D eigenvalue weighted by atomic mass is 16.3. The first kappa shape index (κ1) is 8.36. The van der Waals surface area contributed by atoms with Gasteiger partial charge in [-0.25, -0.2) is 0 Å². The van der Waals surface area contributed by atoms with E-state index in [1.54, 1.807) is 6.26 Å². The summed E-state index contributed by atoms with van der Waals surface area (Å²) >= 11 is 0. The first-order chi connectivity index (χ1) is 7.43. The highest BCUT2D eigenvalue weighted by Crippen LogP contribution is 2.16. The van der Waals surface area contributed by atoms with Crippen LogP contribution in [0.25, 0.3) is 10.9 Å². The van der Waals surface area contributed by atoms with Gasteiger partial charge in [0.25, 0.3) is 0 Å². The fourth-order valence-electron chi connectivity index (χ4n) is 1.85. The molecule has 0 bridgehead atoms. The van der Waals surface area contributed by atoms with Crippen molar-refractivity contribution in [1.29, 1.82) is 0 Å². The SMILES string of the molecule is c1coc(Cn2ccc3ccccc32)c1. The van der Waals surface area contributed by atoms with Crippen molar-refractivity contribution in [3.05, 3.63) is 60.7 Å². The lowest BCUT2D eigenvalue weighted by Crippen LogP contribution is -1.95. The van der Waals surface area contributed by atoms with Gasteiger partial charge in [0.15, 0.2) is 0 Å². The summed E-state index contributed by atoms with van der Waals surface area (Å²) in [5.41, 5.74) is 1.24. The predicted molar refractivity (Wildman–Crippen MR) is 59.7 cm³/mol. The Morgan fingerprint density at radius 3 is 2.80 bits per heavy atom. The van der Waals surface area contributed by atoms with E-state index in [0.29, 0.717) is 0 Å². The van der Waals surface area contributed by atoms with Crippen LogP contribution in [0, 0.1) is 0 Å². The van der Waals surface area contributed by atoms with Crippen molar-refractivity contribution in [2.45, 2.75) is 6.54 Å². The minimum absolute atomic E-state index is 0.792. The zero-order valence-electron chi connectivity index (χ0n) is 8.26. The molecule has 0 aliphatic rings. The largest absolute Gasteiger partial charge is 0.467 e. The van der Waals surface area contributed by atoms with Crippen LogP contribution in [0.15, 0.2) is 59.3 Å². The Labute approximate surface area is 87.7 Å². The van der Waals surface area contributed by atoms with E-state index in [1.165, 1.54) is 10.9 Å². The molecular formula is C13H11NO. The topological polar surface area (TPSA) is 18.1 Å². The molecule has 2 heteroatoms. The number of para-hydroxylation sites is 1. The summed E-state index contributed by atoms with van der Waals surface area (Å²) in [4.78, 5) is 0. The molecule has 0 N–H and O–H groups in total. The van der Waals surface area contributed by atoms with Crippen molar-refractivity contribution in [3.8, 4) is 0 Å². The monoisotopic (exact) mass is 197 g/mol. The molecule has 74 valence electrons. The molecule has 0 fully saturated rings. The number of aromatic nitrogens is 1. The number of nitrogens with zero attached hydrogens (tertiary/aromatic N) is 1. The third kappa shape index (κ3) is 1.44. The van der Waals surface area contributed by atoms with Gasteiger partial charge < -0.3 is 8.98 Å². The van der Waals surface area contributed by atoms with Gasteiger partial charge in [-0.1, -0.05) is 18.2 Å². The fraction of sp³-hybridized carbons (Fsp3) is 0.0769. The molecule has 1 aromatic carbocycles. The molecule has 0 atom stereocenters. The number of furan rings is 1. The van der Waals surface area contributed by atoms with E-state index in [4.69, 9.17) is 4.42 Å². The minimum atomic E-state index is 0.792. The summed E-state index contributed by atoms with van der Waals surface area (Å²) in [6.45, 7) is 0.792. The Morgan fingerprint density at radius 1 is 1.00 bits per heavy atom. The van der Waals surface area contributed by atoms with Gasteiger partial charge in [-0.3, -0.25) is 0 Å². The van der Waals surface area contributed by atoms with Gasteiger partial charge in [-0.05, 0) is 29.7 Å². The highest BCUT2D eigenvalue weighted by molar-refractivity contribution is 5.79. The predicted octanol–water partition coefficient (Wildman–Crippen LogP) is 3.28. The maximum absolute atomic E-state index is 5.33. The second-order valence-electron chi connectivity index (χ2n) is 3.58. The Kier molecular flexibility index (Phi) is 1.85. The second-order valence-corrected chi connectivity index (χ2v) is 3.58. The molecular weight excluding hydrogens is 186 g/mol. The molecule has 15 heavy (non-hydrogen) atoms. The van der Waals surface area contributed by atoms with Gasteiger partial charge in [-0.2, -0.15) is 0 Å². The van der Waals surface area contributed by atoms with Gasteiger partial charge in [0.05, 0.1) is 12.8 Å². The number of hydrogen-bond acceptors (Lipinski definition) is 1. The highest BCUT2D eigenvalue weighted by Gasteiger charge is 2.01. The van der Waals surface area contributed by atoms with Crippen molar-refractivity contribution in [3.63, 3.8) is 0 Å². The zero-order chi connectivity index (χ0) is 10.1. The van der Waals surface area contributed by atoms with Gasteiger partial charge >= 0.3 is 0 Å². The summed E-state index contributed by atoms with van der Waals surface area (Å²) in [7, 11) is 0. The van der Waals surface area contributed by atoms with Crippen molar-refractivity contribution < 1.29 is 4.42 Å². The van der Waals surface area contributed by atoms with E-state index in [0.717, 1.165) is 12.3 Å². The molecule has 3 rings (SSSR count). The molecule has 2 nitrogen and oxygen atoms in total. The van der Waals surface area contributed by atoms with E-state index in [2.05, 4.69) is 41.1 Å². The van der Waals surface area contributed by atoms with E-state index in [1.807, 2.05) is 12.1 Å². The van der Waals surface area contributed by atoms with Crippen LogP contribution in [0.4, 0.5) is 0 Å². The van der Waals surface area contributed by atoms with E-state index in [-0.39, 0.29) is 0 Å². The van der Waals surface area contributed by atoms with E-state index < -0.39 is 0 Å². The lowest BCUT2D eigenvalue weighted by molar-refractivity contribution is 0.497. The van der Waals surface area contributed by atoms with E-state index >= 15 is 0 Å². The van der Waals surface area contributed by atoms with Crippen LogP contribution in [-0.2, 0) is 6.54 Å². The Hall–Kier alpha value is -1.96. The molecule has 0 spiro atoms. The first-order valence-corrected chi connectivity index (χ1v) is 5.00. The Balaban J connectivity index is 2.05. The van der Waals surface area contributed by atoms with Crippen LogP contribution in [0.5, 0.6) is 0 Å².